The fraction of sp³-hybridized carbons (Fsp3) is 0.588. The standard InChI is InChI=1S/C17H24N2O2/c1-2-19(11-13-7-5-6-10-18-13)17(20)15-12-21-16-9-4-3-8-14(15)16/h3-4,8-9,13,15,18H,2,5-7,10-12H2,1H3. The van der Waals surface area contributed by atoms with Crippen molar-refractivity contribution in [2.75, 3.05) is 26.2 Å². The number of hydrogen-bond acceptors (Lipinski definition) is 3. The lowest BCUT2D eigenvalue weighted by molar-refractivity contribution is -0.133. The molecule has 1 aromatic carbocycles. The Kier molecular flexibility index (Phi) is 4.44. The first kappa shape index (κ1) is 14.4. The van der Waals surface area contributed by atoms with E-state index in [2.05, 4.69) is 12.2 Å². The zero-order valence-corrected chi connectivity index (χ0v) is 12.7. The van der Waals surface area contributed by atoms with Gasteiger partial charge in [0, 0.05) is 24.7 Å². The number of amides is 1. The van der Waals surface area contributed by atoms with Crippen LogP contribution in [0.15, 0.2) is 24.3 Å². The van der Waals surface area contributed by atoms with E-state index in [1.807, 2.05) is 29.2 Å². The van der Waals surface area contributed by atoms with E-state index in [9.17, 15) is 4.79 Å². The lowest BCUT2D eigenvalue weighted by atomic mass is 9.98. The van der Waals surface area contributed by atoms with Crippen LogP contribution >= 0.6 is 0 Å². The molecule has 1 aromatic rings. The molecule has 0 aliphatic carbocycles. The molecule has 1 fully saturated rings. The summed E-state index contributed by atoms with van der Waals surface area (Å²) < 4.78 is 5.65. The summed E-state index contributed by atoms with van der Waals surface area (Å²) in [6.45, 7) is 5.19. The maximum atomic E-state index is 12.8. The molecule has 0 radical (unpaired) electrons. The van der Waals surface area contributed by atoms with Crippen molar-refractivity contribution in [3.8, 4) is 5.75 Å². The molecule has 2 heterocycles. The van der Waals surface area contributed by atoms with Crippen molar-refractivity contribution in [2.24, 2.45) is 0 Å². The Morgan fingerprint density at radius 2 is 2.24 bits per heavy atom. The molecular formula is C17H24N2O2. The fourth-order valence-electron chi connectivity index (χ4n) is 3.31. The molecule has 4 heteroatoms. The zero-order valence-electron chi connectivity index (χ0n) is 12.7. The van der Waals surface area contributed by atoms with Crippen LogP contribution in [0.2, 0.25) is 0 Å². The van der Waals surface area contributed by atoms with Crippen molar-refractivity contribution in [1.29, 1.82) is 0 Å². The number of piperidine rings is 1. The predicted octanol–water partition coefficient (Wildman–Crippen LogP) is 2.15. The van der Waals surface area contributed by atoms with Crippen molar-refractivity contribution in [1.82, 2.24) is 10.2 Å². The van der Waals surface area contributed by atoms with Crippen molar-refractivity contribution in [3.05, 3.63) is 29.8 Å². The molecule has 21 heavy (non-hydrogen) atoms. The topological polar surface area (TPSA) is 41.6 Å². The van der Waals surface area contributed by atoms with Crippen LogP contribution in [0.4, 0.5) is 0 Å². The molecule has 3 rings (SSSR count). The Morgan fingerprint density at radius 3 is 3.00 bits per heavy atom. The average Bonchev–Trinajstić information content (AvgIpc) is 2.97. The van der Waals surface area contributed by atoms with Gasteiger partial charge in [0.1, 0.15) is 18.3 Å². The Balaban J connectivity index is 1.68. The van der Waals surface area contributed by atoms with E-state index in [4.69, 9.17) is 4.74 Å². The fourth-order valence-corrected chi connectivity index (χ4v) is 3.31. The van der Waals surface area contributed by atoms with Gasteiger partial charge >= 0.3 is 0 Å². The number of rotatable bonds is 4. The van der Waals surface area contributed by atoms with Crippen molar-refractivity contribution < 1.29 is 9.53 Å². The lowest BCUT2D eigenvalue weighted by Crippen LogP contribution is -2.47. The van der Waals surface area contributed by atoms with Gasteiger partial charge in [-0.15, -0.1) is 0 Å². The summed E-state index contributed by atoms with van der Waals surface area (Å²) in [4.78, 5) is 14.8. The quantitative estimate of drug-likeness (QED) is 0.923. The van der Waals surface area contributed by atoms with Crippen LogP contribution in [0, 0.1) is 0 Å². The Bertz CT molecular complexity index is 497. The highest BCUT2D eigenvalue weighted by molar-refractivity contribution is 5.85. The molecule has 0 bridgehead atoms. The van der Waals surface area contributed by atoms with Crippen LogP contribution in [0.3, 0.4) is 0 Å². The number of carbonyl (C=O) groups is 1. The first-order valence-electron chi connectivity index (χ1n) is 8.03. The Labute approximate surface area is 126 Å². The predicted molar refractivity (Wildman–Crippen MR) is 82.6 cm³/mol. The average molecular weight is 288 g/mol. The molecule has 2 unspecified atom stereocenters. The second kappa shape index (κ2) is 6.48. The van der Waals surface area contributed by atoms with Gasteiger partial charge in [0.15, 0.2) is 0 Å². The van der Waals surface area contributed by atoms with Gasteiger partial charge in [-0.1, -0.05) is 24.6 Å². The normalized spacial score (nSPS) is 24.2. The number of hydrogen-bond donors (Lipinski definition) is 1. The molecule has 114 valence electrons. The molecule has 0 spiro atoms. The van der Waals surface area contributed by atoms with E-state index in [0.29, 0.717) is 12.6 Å². The molecule has 0 saturated carbocycles. The lowest BCUT2D eigenvalue weighted by Gasteiger charge is -2.31. The second-order valence-corrected chi connectivity index (χ2v) is 5.93. The van der Waals surface area contributed by atoms with Gasteiger partial charge in [-0.05, 0) is 32.4 Å². The molecule has 2 aliphatic rings. The maximum absolute atomic E-state index is 12.8. The minimum atomic E-state index is -0.134. The van der Waals surface area contributed by atoms with Crippen molar-refractivity contribution >= 4 is 5.91 Å². The summed E-state index contributed by atoms with van der Waals surface area (Å²) in [5.41, 5.74) is 1.04. The van der Waals surface area contributed by atoms with E-state index in [0.717, 1.165) is 30.9 Å². The van der Waals surface area contributed by atoms with Crippen molar-refractivity contribution in [2.45, 2.75) is 38.1 Å². The minimum Gasteiger partial charge on any atom is -0.492 e. The van der Waals surface area contributed by atoms with Gasteiger partial charge in [-0.2, -0.15) is 0 Å². The van der Waals surface area contributed by atoms with Gasteiger partial charge in [0.05, 0.1) is 0 Å². The highest BCUT2D eigenvalue weighted by atomic mass is 16.5. The molecule has 1 amide bonds. The van der Waals surface area contributed by atoms with E-state index in [-0.39, 0.29) is 11.8 Å². The second-order valence-electron chi connectivity index (χ2n) is 5.93. The van der Waals surface area contributed by atoms with Crippen LogP contribution < -0.4 is 10.1 Å². The number of benzene rings is 1. The smallest absolute Gasteiger partial charge is 0.233 e. The monoisotopic (exact) mass is 288 g/mol. The Hall–Kier alpha value is -1.55. The van der Waals surface area contributed by atoms with Crippen LogP contribution in [0.5, 0.6) is 5.75 Å². The highest BCUT2D eigenvalue weighted by Gasteiger charge is 2.33. The molecule has 2 aliphatic heterocycles. The largest absolute Gasteiger partial charge is 0.492 e. The number of likely N-dealkylation sites (N-methyl/N-ethyl adjacent to an activating group) is 1. The summed E-state index contributed by atoms with van der Waals surface area (Å²) in [6.07, 6.45) is 3.68. The number of nitrogens with one attached hydrogen (secondary N) is 1. The van der Waals surface area contributed by atoms with Gasteiger partial charge < -0.3 is 15.0 Å². The van der Waals surface area contributed by atoms with Crippen LogP contribution in [0.25, 0.3) is 0 Å². The first-order valence-corrected chi connectivity index (χ1v) is 8.03. The molecule has 2 atom stereocenters. The summed E-state index contributed by atoms with van der Waals surface area (Å²) >= 11 is 0. The third-order valence-electron chi connectivity index (χ3n) is 4.54. The number of nitrogens with zero attached hydrogens (tertiary/aromatic N) is 1. The zero-order chi connectivity index (χ0) is 14.7. The molecule has 1 saturated heterocycles. The summed E-state index contributed by atoms with van der Waals surface area (Å²) in [6, 6.07) is 8.33. The van der Waals surface area contributed by atoms with Gasteiger partial charge in [0.2, 0.25) is 5.91 Å². The van der Waals surface area contributed by atoms with Crippen LogP contribution in [-0.4, -0.2) is 43.1 Å². The Morgan fingerprint density at radius 1 is 1.38 bits per heavy atom. The molecule has 4 nitrogen and oxygen atoms in total. The maximum Gasteiger partial charge on any atom is 0.233 e. The summed E-state index contributed by atoms with van der Waals surface area (Å²) in [7, 11) is 0. The van der Waals surface area contributed by atoms with E-state index in [1.54, 1.807) is 0 Å². The third-order valence-corrected chi connectivity index (χ3v) is 4.54. The summed E-state index contributed by atoms with van der Waals surface area (Å²) in [5, 5.41) is 3.52. The van der Waals surface area contributed by atoms with Crippen LogP contribution in [-0.2, 0) is 4.79 Å². The number of ether oxygens (including phenoxy) is 1. The number of carbonyl (C=O) groups excluding carboxylic acids is 1. The first-order chi connectivity index (χ1) is 10.3. The van der Waals surface area contributed by atoms with Gasteiger partial charge in [0.25, 0.3) is 0 Å². The van der Waals surface area contributed by atoms with Crippen LogP contribution in [0.1, 0.15) is 37.7 Å². The van der Waals surface area contributed by atoms with E-state index < -0.39 is 0 Å². The third kappa shape index (κ3) is 3.05. The SMILES string of the molecule is CCN(CC1CCCCN1)C(=O)C1COc2ccccc21. The minimum absolute atomic E-state index is 0.134. The molecule has 1 N–H and O–H groups in total. The molecular weight excluding hydrogens is 264 g/mol. The van der Waals surface area contributed by atoms with Gasteiger partial charge in [-0.25, -0.2) is 0 Å². The van der Waals surface area contributed by atoms with Gasteiger partial charge in [-0.3, -0.25) is 4.79 Å². The van der Waals surface area contributed by atoms with E-state index >= 15 is 0 Å². The number of para-hydroxylation sites is 1. The highest BCUT2D eigenvalue weighted by Crippen LogP contribution is 2.34. The molecule has 0 aromatic heterocycles. The number of fused-ring (bicyclic) bond motifs is 1. The summed E-state index contributed by atoms with van der Waals surface area (Å²) in [5.74, 6) is 0.933. The van der Waals surface area contributed by atoms with Crippen molar-refractivity contribution in [3.63, 3.8) is 0 Å². The van der Waals surface area contributed by atoms with E-state index in [1.165, 1.54) is 19.3 Å².